The number of fused-ring (bicyclic) bond motifs is 16. The maximum Gasteiger partial charge on any atom is 0.136 e. The molecule has 0 saturated carbocycles. The Bertz CT molecular complexity index is 9960. The summed E-state index contributed by atoms with van der Waals surface area (Å²) in [5.74, 6) is 0. The molecule has 0 unspecified atom stereocenters. The molecule has 20 aromatic carbocycles. The van der Waals surface area contributed by atoms with Crippen molar-refractivity contribution in [1.82, 2.24) is 0 Å². The third kappa shape index (κ3) is 9.13. The van der Waals surface area contributed by atoms with Crippen LogP contribution >= 0.6 is 0 Å². The Morgan fingerprint density at radius 2 is 0.627 bits per heavy atom. The van der Waals surface area contributed by atoms with Gasteiger partial charge in [-0.3, -0.25) is 0 Å². The highest BCUT2D eigenvalue weighted by Gasteiger charge is 2.23. The molecule has 0 aliphatic rings. The van der Waals surface area contributed by atoms with E-state index in [1.54, 1.807) is 12.1 Å². The van der Waals surface area contributed by atoms with Gasteiger partial charge in [0.1, 0.15) is 22.3 Å². The van der Waals surface area contributed by atoms with E-state index in [0.29, 0.717) is 21.9 Å². The molecule has 0 saturated heterocycles. The number of rotatable bonds is 6. The van der Waals surface area contributed by atoms with Crippen molar-refractivity contribution in [2.75, 3.05) is 0 Å². The Morgan fingerprint density at radius 3 is 1.24 bits per heavy atom. The molecule has 0 aliphatic heterocycles. The molecular weight excluding hydrogens is 1230 g/mol. The molecular formula is C100H60O2. The van der Waals surface area contributed by atoms with E-state index >= 15 is 0 Å². The first-order valence-electron chi connectivity index (χ1n) is 54.0. The molecule has 2 aromatic heterocycles. The molecule has 0 spiro atoms. The van der Waals surface area contributed by atoms with Crippen molar-refractivity contribution in [2.45, 2.75) is 0 Å². The van der Waals surface area contributed by atoms with Crippen molar-refractivity contribution >= 4 is 152 Å². The quantitative estimate of drug-likeness (QED) is 0.155. The van der Waals surface area contributed by atoms with Gasteiger partial charge in [-0.15, -0.1) is 0 Å². The minimum absolute atomic E-state index is 0.0442. The number of furan rings is 2. The second-order valence-corrected chi connectivity index (χ2v) is 23.7. The first kappa shape index (κ1) is 28.8. The van der Waals surface area contributed by atoms with Crippen LogP contribution in [0.1, 0.15) is 61.7 Å². The second-order valence-electron chi connectivity index (χ2n) is 23.7. The fourth-order valence-corrected chi connectivity index (χ4v) is 13.9. The van der Waals surface area contributed by atoms with Crippen molar-refractivity contribution in [1.29, 1.82) is 0 Å². The summed E-state index contributed by atoms with van der Waals surface area (Å²) in [4.78, 5) is 0. The van der Waals surface area contributed by atoms with Gasteiger partial charge in [0.15, 0.2) is 0 Å². The lowest BCUT2D eigenvalue weighted by Gasteiger charge is -2.19. The van der Waals surface area contributed by atoms with E-state index in [4.69, 9.17) is 41.7 Å². The van der Waals surface area contributed by atoms with Crippen molar-refractivity contribution < 1.29 is 70.5 Å². The van der Waals surface area contributed by atoms with E-state index in [1.807, 2.05) is 72.8 Å². The van der Waals surface area contributed by atoms with Gasteiger partial charge >= 0.3 is 0 Å². The summed E-state index contributed by atoms with van der Waals surface area (Å²) in [5, 5.41) is -4.74. The van der Waals surface area contributed by atoms with Gasteiger partial charge in [-0.2, -0.15) is 0 Å². The Kier molecular flexibility index (Phi) is 6.53. The molecule has 2 nitrogen and oxygen atoms in total. The van der Waals surface area contributed by atoms with Crippen LogP contribution in [0, 0.1) is 0 Å². The van der Waals surface area contributed by atoms with Crippen LogP contribution in [0.15, 0.2) is 372 Å². The van der Waals surface area contributed by atoms with E-state index in [-0.39, 0.29) is 32.7 Å². The van der Waals surface area contributed by atoms with Crippen LogP contribution < -0.4 is 0 Å². The third-order valence-electron chi connectivity index (χ3n) is 18.3. The van der Waals surface area contributed by atoms with E-state index < -0.39 is 397 Å². The van der Waals surface area contributed by atoms with Gasteiger partial charge in [-0.25, -0.2) is 0 Å². The second kappa shape index (κ2) is 23.1. The van der Waals surface area contributed by atoms with Crippen molar-refractivity contribution in [2.24, 2.45) is 0 Å². The zero-order valence-corrected chi connectivity index (χ0v) is 52.0. The number of hydrogen-bond donors (Lipinski definition) is 0. The molecule has 0 atom stereocenters. The summed E-state index contributed by atoms with van der Waals surface area (Å²) in [6.45, 7) is 0. The lowest BCUT2D eigenvalue weighted by molar-refractivity contribution is 0.669. The highest BCUT2D eigenvalue weighted by atomic mass is 16.3. The zero-order chi connectivity index (χ0) is 106. The summed E-state index contributed by atoms with van der Waals surface area (Å²) >= 11 is 0. The first-order chi connectivity index (χ1) is 69.3. The van der Waals surface area contributed by atoms with Gasteiger partial charge in [-0.1, -0.05) is 308 Å². The molecule has 0 aliphatic carbocycles. The largest absolute Gasteiger partial charge is 0.456 e. The molecule has 102 heavy (non-hydrogen) atoms. The molecule has 22 rings (SSSR count). The molecule has 472 valence electrons. The molecule has 0 bridgehead atoms. The Hall–Kier alpha value is -13.4. The van der Waals surface area contributed by atoms with Crippen molar-refractivity contribution in [3.05, 3.63) is 363 Å². The van der Waals surface area contributed by atoms with E-state index in [1.165, 1.54) is 0 Å². The first-order valence-corrected chi connectivity index (χ1v) is 31.5. The van der Waals surface area contributed by atoms with Gasteiger partial charge in [0.2, 0.25) is 0 Å². The summed E-state index contributed by atoms with van der Waals surface area (Å²) in [6.07, 6.45) is 0. The predicted octanol–water partition coefficient (Wildman–Crippen LogP) is 28.7. The fraction of sp³-hybridized carbons (Fsp3) is 0. The Balaban J connectivity index is 0.000000176. The molecule has 0 amide bonds. The average Bonchev–Trinajstić information content (AvgIpc) is 1.36. The normalized spacial score (nSPS) is 18.1. The topological polar surface area (TPSA) is 26.3 Å². The lowest BCUT2D eigenvalue weighted by atomic mass is 9.83. The maximum atomic E-state index is 9.69. The fourth-order valence-electron chi connectivity index (χ4n) is 13.9. The number of benzene rings is 20. The number of hydrogen-bond acceptors (Lipinski definition) is 2. The van der Waals surface area contributed by atoms with E-state index in [0.717, 1.165) is 38.3 Å². The minimum atomic E-state index is -1.12. The van der Waals surface area contributed by atoms with Crippen molar-refractivity contribution in [3.63, 3.8) is 0 Å². The lowest BCUT2D eigenvalue weighted by Crippen LogP contribution is -1.92. The van der Waals surface area contributed by atoms with E-state index in [9.17, 15) is 28.8 Å². The molecule has 0 N–H and O–H groups in total. The van der Waals surface area contributed by atoms with Crippen LogP contribution in [0.25, 0.3) is 218 Å². The smallest absolute Gasteiger partial charge is 0.136 e. The SMILES string of the molecule is [2H]c1c([2H])c(-c2c([2H])c([2H])c([2H])c3c(-c4c5c([2H])c([2H])c([2H])c([2H])c5c(-c5c([2H])c([2H])c6c([2H])c([2H])c([2H])c([2H])c6c5[2H])c5c([2H])c([2H])c([2H])c([2H])c45)c([2H])c([2H])c([2H])c23)c2c(oc3c([2H])c4c([2H])c([2H])c([2H])c([2H])c4c([2H])c32)c1[2H].[2H]c1c([2H])c([2H])c2c([2H])c(-c3c4c([2H])c([2H])c([2H])c([2H])c4c(-c4cccc5cc(-c6cccc7oc8cc9ccccc9cc8c67)ccc45)c4c([2H])c([2H])c([2H])c([2H])c34)c([2H])c([2H])c2c1[2H]. The zero-order valence-electron chi connectivity index (χ0n) is 97.0. The van der Waals surface area contributed by atoms with Gasteiger partial charge in [0.05, 0.1) is 61.7 Å². The molecule has 0 radical (unpaired) electrons. The van der Waals surface area contributed by atoms with Crippen molar-refractivity contribution in [3.8, 4) is 66.8 Å². The summed E-state index contributed by atoms with van der Waals surface area (Å²) < 4.78 is 421. The van der Waals surface area contributed by atoms with Gasteiger partial charge < -0.3 is 8.83 Å². The Labute approximate surface area is 650 Å². The molecule has 22 aromatic rings. The van der Waals surface area contributed by atoms with Gasteiger partial charge in [-0.05, 0) is 229 Å². The monoisotopic (exact) mass is 1340 g/mol. The molecule has 2 heterocycles. The van der Waals surface area contributed by atoms with E-state index in [2.05, 4.69) is 6.07 Å². The van der Waals surface area contributed by atoms with Crippen LogP contribution in [0.4, 0.5) is 0 Å². The minimum Gasteiger partial charge on any atom is -0.456 e. The summed E-state index contributed by atoms with van der Waals surface area (Å²) in [5.41, 5.74) is -3.35. The predicted molar refractivity (Wildman–Crippen MR) is 435 cm³/mol. The third-order valence-corrected chi connectivity index (χ3v) is 18.3. The van der Waals surface area contributed by atoms with Gasteiger partial charge in [0.25, 0.3) is 0 Å². The van der Waals surface area contributed by atoms with Crippen LogP contribution in [0.2, 0.25) is 0 Å². The maximum absolute atomic E-state index is 9.69. The Morgan fingerprint density at radius 1 is 0.186 bits per heavy atom. The summed E-state index contributed by atoms with van der Waals surface area (Å²) in [7, 11) is 0. The van der Waals surface area contributed by atoms with Crippen LogP contribution in [-0.2, 0) is 0 Å². The van der Waals surface area contributed by atoms with Crippen LogP contribution in [-0.4, -0.2) is 0 Å². The van der Waals surface area contributed by atoms with Gasteiger partial charge in [0, 0.05) is 21.5 Å². The summed E-state index contributed by atoms with van der Waals surface area (Å²) in [6, 6.07) is -9.48. The molecule has 0 fully saturated rings. The highest BCUT2D eigenvalue weighted by molar-refractivity contribution is 6.27. The standard InChI is InChI=1S/2C50H30O/c1-2-13-32-28-35(27-26-31(32)12-1)48-41-16-5-7-18-43(41)49(44-19-8-6-17-42(44)48)39-23-10-20-36-37(39)21-9-22-38(36)40-24-11-25-46-50(40)45-29-33-14-3-4-15-34(33)30-47(45)51-46;1-2-12-32-27-37(24-23-31(32)11-1)48-41-16-5-7-18-43(41)49(44-19-8-6-17-42(44)48)40-21-9-15-35-28-36(25-26-38(35)40)39-20-10-22-46-50(39)45-29-33-13-3-4-14-34(33)30-47(45)51-46/h2*1-30H/i1D,2D,3D,4D,5D,6D,7D,8D,9D,10D,11D,12D,13D,14D,15D,16D,17D,18D,19D,20D,21D,22D,23D,24D,25D,26D,27D,28D,29D,30D;1D,2D,5D,6D,7D,8D,11D,12D,16D,17D,18D,19D,23D,24D,27D. The average molecular weight is 1340 g/mol. The van der Waals surface area contributed by atoms with Crippen LogP contribution in [0.3, 0.4) is 0 Å². The molecule has 2 heteroatoms. The van der Waals surface area contributed by atoms with Crippen LogP contribution in [0.5, 0.6) is 0 Å². The highest BCUT2D eigenvalue weighted by Crippen LogP contribution is 2.50.